The maximum Gasteiger partial charge on any atom is 0.418 e. The standard InChI is InChI=1S/C29H31F3N8O3/c1-5-38-10-12-39(13-11-38)22-9-7-18(14-21(22)29(30,31)32)25(41)35-19-8-6-17(2)23(15-19)40-26(42)20-16-34-27(33-3)36-24(20)37(4)28(40)43/h6-9,14-16H,5,10-13H2,1-4H3,(H,35,41)(H,33,34,36). The lowest BCUT2D eigenvalue weighted by atomic mass is 10.1. The van der Waals surface area contributed by atoms with Gasteiger partial charge in [0.05, 0.1) is 11.3 Å². The van der Waals surface area contributed by atoms with E-state index in [1.54, 1.807) is 31.0 Å². The first-order chi connectivity index (χ1) is 20.4. The Kier molecular flexibility index (Phi) is 7.97. The number of aryl methyl sites for hydroxylation is 2. The molecule has 0 saturated carbocycles. The Morgan fingerprint density at radius 3 is 2.40 bits per heavy atom. The number of anilines is 3. The molecule has 226 valence electrons. The number of carbonyl (C=O) groups is 1. The van der Waals surface area contributed by atoms with E-state index >= 15 is 0 Å². The predicted molar refractivity (Wildman–Crippen MR) is 158 cm³/mol. The van der Waals surface area contributed by atoms with Crippen molar-refractivity contribution in [3.8, 4) is 5.69 Å². The highest BCUT2D eigenvalue weighted by molar-refractivity contribution is 6.05. The van der Waals surface area contributed by atoms with E-state index in [1.165, 1.54) is 36.0 Å². The third-order valence-electron chi connectivity index (χ3n) is 7.65. The molecule has 0 unspecified atom stereocenters. The maximum atomic E-state index is 14.1. The molecule has 1 aliphatic rings. The molecule has 1 amide bonds. The van der Waals surface area contributed by atoms with Crippen molar-refractivity contribution in [2.24, 2.45) is 7.05 Å². The molecule has 0 spiro atoms. The summed E-state index contributed by atoms with van der Waals surface area (Å²) in [5, 5.41) is 5.47. The molecule has 3 heterocycles. The zero-order valence-corrected chi connectivity index (χ0v) is 24.1. The van der Waals surface area contributed by atoms with Crippen LogP contribution >= 0.6 is 0 Å². The third-order valence-corrected chi connectivity index (χ3v) is 7.65. The first kappa shape index (κ1) is 29.8. The molecular formula is C29H31F3N8O3. The number of hydrogen-bond donors (Lipinski definition) is 2. The second kappa shape index (κ2) is 11.5. The van der Waals surface area contributed by atoms with Crippen molar-refractivity contribution in [3.05, 3.63) is 80.1 Å². The van der Waals surface area contributed by atoms with Gasteiger partial charge in [0, 0.05) is 63.4 Å². The minimum Gasteiger partial charge on any atom is -0.368 e. The molecule has 5 rings (SSSR count). The van der Waals surface area contributed by atoms with Gasteiger partial charge in [0.15, 0.2) is 5.65 Å². The van der Waals surface area contributed by atoms with Crippen molar-refractivity contribution < 1.29 is 18.0 Å². The number of alkyl halides is 3. The van der Waals surface area contributed by atoms with Crippen LogP contribution in [0.1, 0.15) is 28.4 Å². The van der Waals surface area contributed by atoms with Crippen LogP contribution in [0.25, 0.3) is 16.7 Å². The molecule has 0 aliphatic carbocycles. The summed E-state index contributed by atoms with van der Waals surface area (Å²) in [5.74, 6) is -0.532. The molecule has 0 bridgehead atoms. The summed E-state index contributed by atoms with van der Waals surface area (Å²) < 4.78 is 44.5. The van der Waals surface area contributed by atoms with Gasteiger partial charge in [-0.3, -0.25) is 14.2 Å². The normalized spacial score (nSPS) is 14.3. The Morgan fingerprint density at radius 1 is 1.02 bits per heavy atom. The van der Waals surface area contributed by atoms with Crippen LogP contribution in [0.2, 0.25) is 0 Å². The second-order valence-corrected chi connectivity index (χ2v) is 10.3. The molecule has 0 atom stereocenters. The molecule has 11 nitrogen and oxygen atoms in total. The number of piperazine rings is 1. The van der Waals surface area contributed by atoms with Gasteiger partial charge >= 0.3 is 11.9 Å². The van der Waals surface area contributed by atoms with Gasteiger partial charge in [-0.05, 0) is 49.4 Å². The number of nitrogens with zero attached hydrogens (tertiary/aromatic N) is 6. The zero-order chi connectivity index (χ0) is 31.1. The average Bonchev–Trinajstić information content (AvgIpc) is 3.00. The molecule has 43 heavy (non-hydrogen) atoms. The lowest BCUT2D eigenvalue weighted by molar-refractivity contribution is -0.137. The van der Waals surface area contributed by atoms with Gasteiger partial charge in [-0.25, -0.2) is 14.3 Å². The van der Waals surface area contributed by atoms with Gasteiger partial charge in [-0.1, -0.05) is 13.0 Å². The van der Waals surface area contributed by atoms with E-state index in [9.17, 15) is 27.6 Å². The van der Waals surface area contributed by atoms with Gasteiger partial charge in [0.1, 0.15) is 5.39 Å². The second-order valence-electron chi connectivity index (χ2n) is 10.3. The number of carbonyl (C=O) groups excluding carboxylic acids is 1. The van der Waals surface area contributed by atoms with Crippen LogP contribution in [0.15, 0.2) is 52.2 Å². The quantitative estimate of drug-likeness (QED) is 0.349. The Bertz CT molecular complexity index is 1830. The minimum atomic E-state index is -4.67. The zero-order valence-electron chi connectivity index (χ0n) is 24.1. The molecule has 2 aromatic heterocycles. The number of amides is 1. The molecule has 0 radical (unpaired) electrons. The van der Waals surface area contributed by atoms with Crippen molar-refractivity contribution in [2.75, 3.05) is 55.3 Å². The first-order valence-corrected chi connectivity index (χ1v) is 13.7. The average molecular weight is 597 g/mol. The van der Waals surface area contributed by atoms with E-state index in [0.717, 1.165) is 17.2 Å². The molecule has 4 aromatic rings. The highest BCUT2D eigenvalue weighted by atomic mass is 19.4. The molecule has 1 fully saturated rings. The van der Waals surface area contributed by atoms with E-state index in [4.69, 9.17) is 0 Å². The lowest BCUT2D eigenvalue weighted by Gasteiger charge is -2.36. The Morgan fingerprint density at radius 2 is 1.74 bits per heavy atom. The topological polar surface area (TPSA) is 117 Å². The van der Waals surface area contributed by atoms with Crippen LogP contribution in [0.5, 0.6) is 0 Å². The molecule has 1 aliphatic heterocycles. The van der Waals surface area contributed by atoms with Crippen molar-refractivity contribution >= 4 is 34.3 Å². The van der Waals surface area contributed by atoms with Crippen molar-refractivity contribution in [3.63, 3.8) is 0 Å². The lowest BCUT2D eigenvalue weighted by Crippen LogP contribution is -2.46. The third kappa shape index (κ3) is 5.69. The molecular weight excluding hydrogens is 565 g/mol. The van der Waals surface area contributed by atoms with Gasteiger partial charge in [-0.15, -0.1) is 0 Å². The number of benzene rings is 2. The summed E-state index contributed by atoms with van der Waals surface area (Å²) in [4.78, 5) is 52.0. The Balaban J connectivity index is 1.48. The number of rotatable bonds is 6. The van der Waals surface area contributed by atoms with E-state index in [1.807, 2.05) is 6.92 Å². The number of likely N-dealkylation sites (N-methyl/N-ethyl adjacent to an activating group) is 1. The van der Waals surface area contributed by atoms with E-state index in [-0.39, 0.29) is 39.6 Å². The predicted octanol–water partition coefficient (Wildman–Crippen LogP) is 3.24. The summed E-state index contributed by atoms with van der Waals surface area (Å²) >= 11 is 0. The van der Waals surface area contributed by atoms with Crippen molar-refractivity contribution in [1.82, 2.24) is 24.0 Å². The summed E-state index contributed by atoms with van der Waals surface area (Å²) in [5.41, 5.74) is -1.27. The monoisotopic (exact) mass is 596 g/mol. The fraction of sp³-hybridized carbons (Fsp3) is 0.345. The SMILES string of the molecule is CCN1CCN(c2ccc(C(=O)Nc3ccc(C)c(-n4c(=O)c5cnc(NC)nc5n(C)c4=O)c3)cc2C(F)(F)F)CC1. The molecule has 14 heteroatoms. The summed E-state index contributed by atoms with van der Waals surface area (Å²) in [7, 11) is 3.08. The highest BCUT2D eigenvalue weighted by Crippen LogP contribution is 2.38. The number of fused-ring (bicyclic) bond motifs is 1. The number of nitrogens with one attached hydrogen (secondary N) is 2. The van der Waals surface area contributed by atoms with Gasteiger partial charge in [-0.2, -0.15) is 18.2 Å². The summed E-state index contributed by atoms with van der Waals surface area (Å²) in [6.07, 6.45) is -3.35. The van der Waals surface area contributed by atoms with Crippen LogP contribution in [0.3, 0.4) is 0 Å². The summed E-state index contributed by atoms with van der Waals surface area (Å²) in [6, 6.07) is 8.12. The fourth-order valence-electron chi connectivity index (χ4n) is 5.18. The first-order valence-electron chi connectivity index (χ1n) is 13.7. The molecule has 1 saturated heterocycles. The van der Waals surface area contributed by atoms with Crippen LogP contribution in [0, 0.1) is 6.92 Å². The molecule has 2 N–H and O–H groups in total. The van der Waals surface area contributed by atoms with Crippen LogP contribution in [0.4, 0.5) is 30.5 Å². The van der Waals surface area contributed by atoms with E-state index < -0.39 is 28.9 Å². The van der Waals surface area contributed by atoms with Crippen LogP contribution < -0.4 is 26.8 Å². The van der Waals surface area contributed by atoms with Gasteiger partial charge < -0.3 is 20.4 Å². The number of hydrogen-bond acceptors (Lipinski definition) is 8. The molecule has 2 aromatic carbocycles. The number of aromatic nitrogens is 4. The van der Waals surface area contributed by atoms with E-state index in [2.05, 4.69) is 25.5 Å². The Labute approximate surface area is 244 Å². The van der Waals surface area contributed by atoms with Crippen molar-refractivity contribution in [1.29, 1.82) is 0 Å². The van der Waals surface area contributed by atoms with Gasteiger partial charge in [0.25, 0.3) is 11.5 Å². The van der Waals surface area contributed by atoms with Gasteiger partial charge in [0.2, 0.25) is 5.95 Å². The van der Waals surface area contributed by atoms with Crippen LogP contribution in [-0.4, -0.2) is 69.7 Å². The maximum absolute atomic E-state index is 14.1. The number of halogens is 3. The van der Waals surface area contributed by atoms with E-state index in [0.29, 0.717) is 31.7 Å². The smallest absolute Gasteiger partial charge is 0.368 e. The van der Waals surface area contributed by atoms with Crippen molar-refractivity contribution in [2.45, 2.75) is 20.0 Å². The largest absolute Gasteiger partial charge is 0.418 e. The van der Waals surface area contributed by atoms with Crippen LogP contribution in [-0.2, 0) is 13.2 Å². The minimum absolute atomic E-state index is 0.0368. The summed E-state index contributed by atoms with van der Waals surface area (Å²) in [6.45, 7) is 6.73. The Hall–Kier alpha value is -4.72. The highest BCUT2D eigenvalue weighted by Gasteiger charge is 2.36. The fourth-order valence-corrected chi connectivity index (χ4v) is 5.18.